The van der Waals surface area contributed by atoms with Crippen LogP contribution >= 0.6 is 0 Å². The number of esters is 1. The number of nitrogens with zero attached hydrogens (tertiary/aromatic N) is 2. The van der Waals surface area contributed by atoms with Gasteiger partial charge in [0.05, 0.1) is 16.1 Å². The Balaban J connectivity index is 1.48. The van der Waals surface area contributed by atoms with Crippen molar-refractivity contribution in [3.8, 4) is 0 Å². The number of para-hydroxylation sites is 1. The Morgan fingerprint density at radius 3 is 2.51 bits per heavy atom. The minimum atomic E-state index is -3.90. The highest BCUT2D eigenvalue weighted by Gasteiger charge is 2.36. The largest absolute Gasteiger partial charge is 0.454 e. The van der Waals surface area contributed by atoms with E-state index in [0.717, 1.165) is 29.9 Å². The minimum absolute atomic E-state index is 0.00512. The molecule has 196 valence electrons. The fraction of sp³-hybridized carbons (Fsp3) is 0.379. The number of ketones is 1. The molecule has 0 radical (unpaired) electrons. The first-order chi connectivity index (χ1) is 17.5. The monoisotopic (exact) mass is 522 g/mol. The first kappa shape index (κ1) is 26.7. The Labute approximate surface area is 219 Å². The van der Waals surface area contributed by atoms with Crippen LogP contribution in [0.25, 0.3) is 0 Å². The number of ether oxygens (including phenoxy) is 1. The van der Waals surface area contributed by atoms with E-state index in [0.29, 0.717) is 23.6 Å². The van der Waals surface area contributed by atoms with Crippen molar-refractivity contribution < 1.29 is 22.7 Å². The van der Waals surface area contributed by atoms with E-state index in [9.17, 15) is 18.0 Å². The summed E-state index contributed by atoms with van der Waals surface area (Å²) in [6, 6.07) is 14.8. The molecule has 0 unspecified atom stereocenters. The molecule has 2 aromatic carbocycles. The number of anilines is 1. The molecule has 0 fully saturated rings. The van der Waals surface area contributed by atoms with Gasteiger partial charge < -0.3 is 9.30 Å². The Morgan fingerprint density at radius 2 is 1.78 bits per heavy atom. The lowest BCUT2D eigenvalue weighted by Gasteiger charge is -2.24. The number of aryl methyl sites for hydroxylation is 1. The summed E-state index contributed by atoms with van der Waals surface area (Å²) < 4.78 is 35.9. The molecule has 1 atom stereocenters. The zero-order valence-corrected chi connectivity index (χ0v) is 22.8. The van der Waals surface area contributed by atoms with Crippen molar-refractivity contribution in [1.29, 1.82) is 0 Å². The molecular weight excluding hydrogens is 488 g/mol. The van der Waals surface area contributed by atoms with Crippen LogP contribution in [0.1, 0.15) is 64.9 Å². The molecule has 0 saturated heterocycles. The number of fused-ring (bicyclic) bond motifs is 1. The molecule has 0 amide bonds. The zero-order chi connectivity index (χ0) is 26.9. The molecule has 1 aromatic heterocycles. The summed E-state index contributed by atoms with van der Waals surface area (Å²) in [6.45, 7) is 10.4. The second-order valence-corrected chi connectivity index (χ2v) is 11.9. The van der Waals surface area contributed by atoms with Gasteiger partial charge in [-0.3, -0.25) is 9.10 Å². The Kier molecular flexibility index (Phi) is 7.59. The normalized spacial score (nSPS) is 15.2. The van der Waals surface area contributed by atoms with Gasteiger partial charge in [-0.05, 0) is 75.4 Å². The fourth-order valence-corrected chi connectivity index (χ4v) is 6.65. The van der Waals surface area contributed by atoms with Gasteiger partial charge in [0.2, 0.25) is 5.78 Å². The molecule has 7 nitrogen and oxygen atoms in total. The zero-order valence-electron chi connectivity index (χ0n) is 22.0. The number of rotatable bonds is 9. The van der Waals surface area contributed by atoms with Crippen molar-refractivity contribution in [1.82, 2.24) is 4.57 Å². The summed E-state index contributed by atoms with van der Waals surface area (Å²) >= 11 is 0. The number of hydrogen-bond acceptors (Lipinski definition) is 5. The summed E-state index contributed by atoms with van der Waals surface area (Å²) in [5, 5.41) is 0. The molecular formula is C29H34N2O5S. The van der Waals surface area contributed by atoms with Crippen LogP contribution in [0.3, 0.4) is 0 Å². The summed E-state index contributed by atoms with van der Waals surface area (Å²) in [5.74, 6) is -0.485. The third-order valence-electron chi connectivity index (χ3n) is 6.91. The molecule has 3 aromatic rings. The highest BCUT2D eigenvalue weighted by atomic mass is 32.2. The number of sulfonamides is 1. The van der Waals surface area contributed by atoms with Crippen molar-refractivity contribution >= 4 is 27.5 Å². The van der Waals surface area contributed by atoms with Gasteiger partial charge in [0.1, 0.15) is 0 Å². The first-order valence-corrected chi connectivity index (χ1v) is 14.0. The highest BCUT2D eigenvalue weighted by molar-refractivity contribution is 7.92. The number of carbonyl (C=O) groups excluding carboxylic acids is 2. The van der Waals surface area contributed by atoms with Gasteiger partial charge in [-0.15, -0.1) is 0 Å². The number of hydrogen-bond donors (Lipinski definition) is 0. The quantitative estimate of drug-likeness (QED) is 0.280. The van der Waals surface area contributed by atoms with Crippen LogP contribution in [-0.2, 0) is 27.7 Å². The third-order valence-corrected chi connectivity index (χ3v) is 8.83. The van der Waals surface area contributed by atoms with Crippen LogP contribution in [0.2, 0.25) is 0 Å². The van der Waals surface area contributed by atoms with Crippen molar-refractivity contribution in [3.63, 3.8) is 0 Å². The van der Waals surface area contributed by atoms with Gasteiger partial charge in [0.25, 0.3) is 10.0 Å². The maximum Gasteiger partial charge on any atom is 0.338 e. The Hall–Kier alpha value is -3.39. The van der Waals surface area contributed by atoms with Crippen LogP contribution in [0, 0.1) is 19.8 Å². The number of benzene rings is 2. The van der Waals surface area contributed by atoms with E-state index in [-0.39, 0.29) is 22.3 Å². The maximum absolute atomic E-state index is 13.5. The van der Waals surface area contributed by atoms with Gasteiger partial charge in [0, 0.05) is 29.5 Å². The molecule has 2 heterocycles. The van der Waals surface area contributed by atoms with E-state index < -0.39 is 22.6 Å². The van der Waals surface area contributed by atoms with Gasteiger partial charge in [-0.1, -0.05) is 38.1 Å². The number of Topliss-reactive ketones (excluding diaryl/α,β-unsaturated/α-hetero) is 1. The summed E-state index contributed by atoms with van der Waals surface area (Å²) in [6.07, 6.45) is 1.62. The van der Waals surface area contributed by atoms with E-state index in [1.807, 2.05) is 45.0 Å². The molecule has 0 N–H and O–H groups in total. The summed E-state index contributed by atoms with van der Waals surface area (Å²) in [4.78, 5) is 25.7. The summed E-state index contributed by atoms with van der Waals surface area (Å²) in [7, 11) is -3.90. The van der Waals surface area contributed by atoms with E-state index in [2.05, 4.69) is 18.4 Å². The summed E-state index contributed by atoms with van der Waals surface area (Å²) in [5.41, 5.74) is 4.08. The van der Waals surface area contributed by atoms with Gasteiger partial charge >= 0.3 is 5.97 Å². The molecule has 8 heteroatoms. The van der Waals surface area contributed by atoms with E-state index >= 15 is 0 Å². The predicted molar refractivity (Wildman–Crippen MR) is 144 cm³/mol. The average molecular weight is 523 g/mol. The highest BCUT2D eigenvalue weighted by Crippen LogP contribution is 2.36. The molecule has 4 rings (SSSR count). The van der Waals surface area contributed by atoms with Gasteiger partial charge in [-0.25, -0.2) is 13.2 Å². The molecule has 0 aliphatic carbocycles. The Morgan fingerprint density at radius 1 is 1.05 bits per heavy atom. The predicted octanol–water partition coefficient (Wildman–Crippen LogP) is 5.33. The maximum atomic E-state index is 13.5. The van der Waals surface area contributed by atoms with Crippen LogP contribution in [-0.4, -0.2) is 37.4 Å². The standard InChI is InChI=1S/C29H34N2O5S/c1-19(2)13-14-30-20(3)16-26(22(30)5)28(32)18-36-29(33)24-10-8-11-25(17-24)37(34,35)31-21(4)15-23-9-6-7-12-27(23)31/h6-12,16-17,19,21H,13-15,18H2,1-5H3/t21-/m0/s1. The van der Waals surface area contributed by atoms with Crippen LogP contribution in [0.15, 0.2) is 59.5 Å². The second-order valence-electron chi connectivity index (χ2n) is 10.1. The topological polar surface area (TPSA) is 85.7 Å². The van der Waals surface area contributed by atoms with Crippen LogP contribution in [0.5, 0.6) is 0 Å². The van der Waals surface area contributed by atoms with Gasteiger partial charge in [0.15, 0.2) is 6.61 Å². The molecule has 1 aliphatic heterocycles. The smallest absolute Gasteiger partial charge is 0.338 e. The molecule has 0 saturated carbocycles. The lowest BCUT2D eigenvalue weighted by molar-refractivity contribution is 0.0474. The van der Waals surface area contributed by atoms with E-state index in [1.54, 1.807) is 6.07 Å². The fourth-order valence-electron chi connectivity index (χ4n) is 4.91. The van der Waals surface area contributed by atoms with Crippen molar-refractivity contribution in [3.05, 3.63) is 82.7 Å². The molecule has 1 aliphatic rings. The third kappa shape index (κ3) is 5.34. The minimum Gasteiger partial charge on any atom is -0.454 e. The van der Waals surface area contributed by atoms with Gasteiger partial charge in [-0.2, -0.15) is 0 Å². The van der Waals surface area contributed by atoms with E-state index in [4.69, 9.17) is 4.74 Å². The lowest BCUT2D eigenvalue weighted by atomic mass is 10.1. The van der Waals surface area contributed by atoms with Crippen LogP contribution < -0.4 is 4.31 Å². The molecule has 0 spiro atoms. The van der Waals surface area contributed by atoms with E-state index in [1.165, 1.54) is 28.6 Å². The van der Waals surface area contributed by atoms with Crippen molar-refractivity contribution in [2.45, 2.75) is 64.9 Å². The molecule has 0 bridgehead atoms. The van der Waals surface area contributed by atoms with Crippen LogP contribution in [0.4, 0.5) is 5.69 Å². The average Bonchev–Trinajstić information content (AvgIpc) is 3.35. The number of carbonyl (C=O) groups is 2. The SMILES string of the molecule is Cc1cc(C(=O)COC(=O)c2cccc(S(=O)(=O)N3c4ccccc4C[C@@H]3C)c2)c(C)n1CCC(C)C. The number of aromatic nitrogens is 1. The Bertz CT molecular complexity index is 1440. The van der Waals surface area contributed by atoms with Crippen molar-refractivity contribution in [2.75, 3.05) is 10.9 Å². The first-order valence-electron chi connectivity index (χ1n) is 12.6. The second kappa shape index (κ2) is 10.5. The van der Waals surface area contributed by atoms with Crippen molar-refractivity contribution in [2.24, 2.45) is 5.92 Å². The lowest BCUT2D eigenvalue weighted by Crippen LogP contribution is -2.35. The molecule has 37 heavy (non-hydrogen) atoms.